The van der Waals surface area contributed by atoms with Gasteiger partial charge in [-0.05, 0) is 43.0 Å². The lowest BCUT2D eigenvalue weighted by molar-refractivity contribution is -0.0385. The molecule has 0 unspecified atom stereocenters. The van der Waals surface area contributed by atoms with Crippen molar-refractivity contribution in [1.29, 1.82) is 0 Å². The third-order valence-electron chi connectivity index (χ3n) is 5.79. The number of rotatable bonds is 7. The van der Waals surface area contributed by atoms with E-state index in [1.165, 1.54) is 17.0 Å². The average molecular weight is 400 g/mol. The van der Waals surface area contributed by atoms with Crippen LogP contribution < -0.4 is 0 Å². The van der Waals surface area contributed by atoms with Crippen LogP contribution in [0.15, 0.2) is 64.1 Å². The molecule has 3 nitrogen and oxygen atoms in total. The van der Waals surface area contributed by atoms with Gasteiger partial charge in [0.2, 0.25) is 0 Å². The predicted molar refractivity (Wildman–Crippen MR) is 112 cm³/mol. The van der Waals surface area contributed by atoms with E-state index >= 15 is 0 Å². The summed E-state index contributed by atoms with van der Waals surface area (Å²) in [4.78, 5) is 3.19. The van der Waals surface area contributed by atoms with Crippen LogP contribution in [0.3, 0.4) is 0 Å². The first-order chi connectivity index (χ1) is 13.7. The van der Waals surface area contributed by atoms with E-state index in [0.717, 1.165) is 50.2 Å². The normalized spacial score (nSPS) is 17.2. The molecule has 0 N–H and O–H groups in total. The van der Waals surface area contributed by atoms with Crippen molar-refractivity contribution < 1.29 is 13.5 Å². The van der Waals surface area contributed by atoms with Gasteiger partial charge in [-0.15, -0.1) is 11.8 Å². The number of furan rings is 1. The average Bonchev–Trinajstić information content (AvgIpc) is 3.16. The number of nitrogens with zero attached hydrogens (tertiary/aromatic N) is 1. The van der Waals surface area contributed by atoms with Crippen LogP contribution in [0.2, 0.25) is 0 Å². The van der Waals surface area contributed by atoms with Gasteiger partial charge >= 0.3 is 0 Å². The van der Waals surface area contributed by atoms with Crippen LogP contribution in [0.4, 0.5) is 4.39 Å². The number of hydrogen-bond donors (Lipinski definition) is 0. The zero-order valence-electron chi connectivity index (χ0n) is 16.2. The third kappa shape index (κ3) is 4.27. The smallest absolute Gasteiger partial charge is 0.136 e. The molecule has 0 spiro atoms. The molecule has 1 aliphatic heterocycles. The summed E-state index contributed by atoms with van der Waals surface area (Å²) >= 11 is 1.56. The Balaban J connectivity index is 1.30. The zero-order chi connectivity index (χ0) is 19.4. The maximum absolute atomic E-state index is 13.9. The molecule has 1 saturated heterocycles. The molecular weight excluding hydrogens is 373 g/mol. The largest absolute Gasteiger partial charge is 0.464 e. The lowest BCUT2D eigenvalue weighted by atomic mass is 9.93. The predicted octanol–water partition coefficient (Wildman–Crippen LogP) is 5.39. The van der Waals surface area contributed by atoms with Crippen LogP contribution in [-0.4, -0.2) is 43.0 Å². The Labute approximate surface area is 169 Å². The molecule has 1 fully saturated rings. The lowest BCUT2D eigenvalue weighted by Crippen LogP contribution is -2.47. The monoisotopic (exact) mass is 399 g/mol. The van der Waals surface area contributed by atoms with Crippen LogP contribution in [0.5, 0.6) is 0 Å². The summed E-state index contributed by atoms with van der Waals surface area (Å²) in [7, 11) is 1.79. The molecule has 1 aromatic heterocycles. The van der Waals surface area contributed by atoms with Gasteiger partial charge in [0.1, 0.15) is 11.4 Å². The van der Waals surface area contributed by atoms with Gasteiger partial charge < -0.3 is 14.1 Å². The number of para-hydroxylation sites is 1. The fraction of sp³-hybridized carbons (Fsp3) is 0.391. The molecule has 0 saturated carbocycles. The van der Waals surface area contributed by atoms with Crippen molar-refractivity contribution >= 4 is 22.7 Å². The number of ether oxygens (including phenoxy) is 1. The first kappa shape index (κ1) is 19.5. The number of methoxy groups -OCH3 is 1. The molecular formula is C23H26FNO2S. The van der Waals surface area contributed by atoms with Crippen molar-refractivity contribution in [2.45, 2.75) is 29.8 Å². The van der Waals surface area contributed by atoms with Crippen LogP contribution in [-0.2, 0) is 11.2 Å². The van der Waals surface area contributed by atoms with E-state index in [0.29, 0.717) is 4.90 Å². The summed E-state index contributed by atoms with van der Waals surface area (Å²) in [5, 5.41) is 1.21. The quantitative estimate of drug-likeness (QED) is 0.498. The Hall–Kier alpha value is -1.82. The second-order valence-corrected chi connectivity index (χ2v) is 8.47. The maximum Gasteiger partial charge on any atom is 0.136 e. The van der Waals surface area contributed by atoms with Gasteiger partial charge in [0.25, 0.3) is 0 Å². The van der Waals surface area contributed by atoms with Crippen LogP contribution in [0.1, 0.15) is 18.4 Å². The van der Waals surface area contributed by atoms with Crippen LogP contribution in [0, 0.1) is 5.82 Å². The van der Waals surface area contributed by atoms with Crippen LogP contribution in [0.25, 0.3) is 11.0 Å². The fourth-order valence-corrected chi connectivity index (χ4v) is 5.07. The van der Waals surface area contributed by atoms with Gasteiger partial charge in [-0.2, -0.15) is 0 Å². The molecule has 0 amide bonds. The van der Waals surface area contributed by atoms with E-state index in [4.69, 9.17) is 9.15 Å². The molecule has 148 valence electrons. The highest BCUT2D eigenvalue weighted by Crippen LogP contribution is 2.33. The molecule has 28 heavy (non-hydrogen) atoms. The van der Waals surface area contributed by atoms with Crippen molar-refractivity contribution in [1.82, 2.24) is 4.90 Å². The summed E-state index contributed by atoms with van der Waals surface area (Å²) in [6.45, 7) is 3.02. The minimum Gasteiger partial charge on any atom is -0.464 e. The number of benzene rings is 2. The van der Waals surface area contributed by atoms with Crippen molar-refractivity contribution in [3.8, 4) is 0 Å². The Kier molecular flexibility index (Phi) is 6.04. The van der Waals surface area contributed by atoms with E-state index in [1.807, 2.05) is 30.5 Å². The minimum absolute atomic E-state index is 0.150. The molecule has 0 bridgehead atoms. The van der Waals surface area contributed by atoms with E-state index in [2.05, 4.69) is 17.0 Å². The molecule has 0 radical (unpaired) electrons. The first-order valence-electron chi connectivity index (χ1n) is 9.79. The first-order valence-corrected chi connectivity index (χ1v) is 10.8. The SMILES string of the molecule is COC1(CSc2ccccc2F)CCN(CCc2coc3ccccc23)CC1. The number of hydrogen-bond acceptors (Lipinski definition) is 4. The van der Waals surface area contributed by atoms with Crippen molar-refractivity contribution in [3.05, 3.63) is 66.2 Å². The molecule has 2 heterocycles. The summed E-state index contributed by atoms with van der Waals surface area (Å²) in [6, 6.07) is 15.2. The highest BCUT2D eigenvalue weighted by molar-refractivity contribution is 7.99. The summed E-state index contributed by atoms with van der Waals surface area (Å²) in [5.41, 5.74) is 2.06. The number of halogens is 1. The molecule has 3 aromatic rings. The number of likely N-dealkylation sites (tertiary alicyclic amines) is 1. The molecule has 0 aliphatic carbocycles. The maximum atomic E-state index is 13.9. The van der Waals surface area contributed by atoms with Gasteiger partial charge in [-0.25, -0.2) is 4.39 Å². The van der Waals surface area contributed by atoms with E-state index in [1.54, 1.807) is 24.9 Å². The second-order valence-electron chi connectivity index (χ2n) is 7.45. The minimum atomic E-state index is -0.175. The van der Waals surface area contributed by atoms with Crippen LogP contribution >= 0.6 is 11.8 Å². The van der Waals surface area contributed by atoms with Crippen molar-refractivity contribution in [3.63, 3.8) is 0 Å². The topological polar surface area (TPSA) is 25.6 Å². The second kappa shape index (κ2) is 8.68. The molecule has 4 rings (SSSR count). The Morgan fingerprint density at radius 2 is 1.86 bits per heavy atom. The number of piperidine rings is 1. The molecule has 1 aliphatic rings. The summed E-state index contributed by atoms with van der Waals surface area (Å²) < 4.78 is 25.5. The van der Waals surface area contributed by atoms with E-state index in [9.17, 15) is 4.39 Å². The highest BCUT2D eigenvalue weighted by Gasteiger charge is 2.34. The van der Waals surface area contributed by atoms with Gasteiger partial charge in [-0.1, -0.05) is 30.3 Å². The summed E-state index contributed by atoms with van der Waals surface area (Å²) in [6.07, 6.45) is 4.81. The Morgan fingerprint density at radius 1 is 1.11 bits per heavy atom. The third-order valence-corrected chi connectivity index (χ3v) is 7.10. The molecule has 0 atom stereocenters. The van der Waals surface area contributed by atoms with Gasteiger partial charge in [-0.3, -0.25) is 0 Å². The van der Waals surface area contributed by atoms with Crippen molar-refractivity contribution in [2.24, 2.45) is 0 Å². The van der Waals surface area contributed by atoms with Crippen molar-refractivity contribution in [2.75, 3.05) is 32.5 Å². The Morgan fingerprint density at radius 3 is 2.64 bits per heavy atom. The van der Waals surface area contributed by atoms with E-state index < -0.39 is 0 Å². The van der Waals surface area contributed by atoms with Gasteiger partial charge in [0.05, 0.1) is 11.9 Å². The zero-order valence-corrected chi connectivity index (χ0v) is 17.0. The van der Waals surface area contributed by atoms with Gasteiger partial charge in [0, 0.05) is 42.8 Å². The van der Waals surface area contributed by atoms with E-state index in [-0.39, 0.29) is 11.4 Å². The summed E-state index contributed by atoms with van der Waals surface area (Å²) in [5.74, 6) is 0.633. The number of fused-ring (bicyclic) bond motifs is 1. The number of thioether (sulfide) groups is 1. The lowest BCUT2D eigenvalue weighted by Gasteiger charge is -2.40. The highest BCUT2D eigenvalue weighted by atomic mass is 32.2. The molecule has 2 aromatic carbocycles. The van der Waals surface area contributed by atoms with Gasteiger partial charge in [0.15, 0.2) is 0 Å². The Bertz CT molecular complexity index is 918. The molecule has 5 heteroatoms. The fourth-order valence-electron chi connectivity index (χ4n) is 3.87. The standard InChI is InChI=1S/C23H26FNO2S/c1-26-23(17-28-22-9-5-3-7-20(22)24)11-14-25(15-12-23)13-10-18-16-27-21-8-4-2-6-19(18)21/h2-9,16H,10-15,17H2,1H3.